The number of nitrogens with zero attached hydrogens (tertiary/aromatic N) is 1. The highest BCUT2D eigenvalue weighted by Gasteiger charge is 2.29. The maximum atomic E-state index is 13.1. The third-order valence-electron chi connectivity index (χ3n) is 5.47. The summed E-state index contributed by atoms with van der Waals surface area (Å²) in [6.07, 6.45) is 5.90. The third-order valence-corrected chi connectivity index (χ3v) is 7.05. The monoisotopic (exact) mass is 448 g/mol. The van der Waals surface area contributed by atoms with Crippen LogP contribution in [0.5, 0.6) is 0 Å². The van der Waals surface area contributed by atoms with Crippen molar-refractivity contribution in [3.63, 3.8) is 0 Å². The number of halogens is 1. The SMILES string of the molecule is Cc1ccc(NC(=O)C(CC2CCC(=O)CC2)c2ccc(S(C)(=O)=O)c(Cl)c2)nc1. The number of hydrogen-bond donors (Lipinski definition) is 1. The van der Waals surface area contributed by atoms with Gasteiger partial charge in [0.05, 0.1) is 15.8 Å². The van der Waals surface area contributed by atoms with Crippen molar-refractivity contribution in [2.75, 3.05) is 11.6 Å². The first-order chi connectivity index (χ1) is 14.1. The lowest BCUT2D eigenvalue weighted by Gasteiger charge is -2.26. The number of carbonyl (C=O) groups excluding carboxylic acids is 2. The van der Waals surface area contributed by atoms with Crippen LogP contribution in [0.3, 0.4) is 0 Å². The molecule has 160 valence electrons. The number of aryl methyl sites for hydroxylation is 1. The molecule has 1 aliphatic rings. The Balaban J connectivity index is 1.88. The van der Waals surface area contributed by atoms with Gasteiger partial charge in [0, 0.05) is 25.3 Å². The number of benzene rings is 1. The van der Waals surface area contributed by atoms with Crippen LogP contribution in [0.2, 0.25) is 5.02 Å². The molecule has 1 unspecified atom stereocenters. The second-order valence-corrected chi connectivity index (χ2v) is 10.3. The van der Waals surface area contributed by atoms with Gasteiger partial charge in [-0.25, -0.2) is 13.4 Å². The Morgan fingerprint density at radius 3 is 2.50 bits per heavy atom. The largest absolute Gasteiger partial charge is 0.310 e. The number of pyridine rings is 1. The van der Waals surface area contributed by atoms with E-state index in [0.717, 1.165) is 24.7 Å². The van der Waals surface area contributed by atoms with Crippen molar-refractivity contribution in [2.24, 2.45) is 5.92 Å². The molecule has 0 saturated heterocycles. The normalized spacial score (nSPS) is 16.3. The van der Waals surface area contributed by atoms with E-state index in [2.05, 4.69) is 10.3 Å². The summed E-state index contributed by atoms with van der Waals surface area (Å²) in [6, 6.07) is 8.25. The lowest BCUT2D eigenvalue weighted by Crippen LogP contribution is -2.25. The molecule has 1 N–H and O–H groups in total. The maximum Gasteiger partial charge on any atom is 0.233 e. The second kappa shape index (κ2) is 9.27. The van der Waals surface area contributed by atoms with Crippen molar-refractivity contribution >= 4 is 38.9 Å². The van der Waals surface area contributed by atoms with Gasteiger partial charge in [-0.2, -0.15) is 0 Å². The average Bonchev–Trinajstić information content (AvgIpc) is 2.68. The first kappa shape index (κ1) is 22.4. The molecule has 1 heterocycles. The van der Waals surface area contributed by atoms with E-state index in [1.54, 1.807) is 24.4 Å². The minimum atomic E-state index is -3.46. The van der Waals surface area contributed by atoms with E-state index in [1.807, 2.05) is 13.0 Å². The Labute approximate surface area is 182 Å². The molecule has 1 fully saturated rings. The summed E-state index contributed by atoms with van der Waals surface area (Å²) >= 11 is 6.23. The number of hydrogen-bond acceptors (Lipinski definition) is 5. The van der Waals surface area contributed by atoms with Crippen molar-refractivity contribution < 1.29 is 18.0 Å². The number of carbonyl (C=O) groups is 2. The first-order valence-electron chi connectivity index (χ1n) is 9.88. The predicted octanol–water partition coefficient (Wildman–Crippen LogP) is 4.32. The number of nitrogens with one attached hydrogen (secondary N) is 1. The quantitative estimate of drug-likeness (QED) is 0.710. The Bertz CT molecular complexity index is 1040. The van der Waals surface area contributed by atoms with E-state index in [4.69, 9.17) is 11.6 Å². The summed E-state index contributed by atoms with van der Waals surface area (Å²) in [5, 5.41) is 2.95. The van der Waals surface area contributed by atoms with Gasteiger partial charge < -0.3 is 5.32 Å². The summed E-state index contributed by atoms with van der Waals surface area (Å²) in [6.45, 7) is 1.91. The van der Waals surface area contributed by atoms with Crippen molar-refractivity contribution in [1.29, 1.82) is 0 Å². The van der Waals surface area contributed by atoms with E-state index in [9.17, 15) is 18.0 Å². The molecular weight excluding hydrogens is 424 g/mol. The van der Waals surface area contributed by atoms with Gasteiger partial charge in [0.25, 0.3) is 0 Å². The number of aromatic nitrogens is 1. The van der Waals surface area contributed by atoms with Crippen molar-refractivity contribution in [3.8, 4) is 0 Å². The molecule has 0 spiro atoms. The van der Waals surface area contributed by atoms with E-state index in [1.165, 1.54) is 6.07 Å². The fourth-order valence-corrected chi connectivity index (χ4v) is 5.09. The summed E-state index contributed by atoms with van der Waals surface area (Å²) in [5.41, 5.74) is 1.63. The fourth-order valence-electron chi connectivity index (χ4n) is 3.75. The van der Waals surface area contributed by atoms with E-state index in [-0.39, 0.29) is 27.5 Å². The number of rotatable bonds is 6. The van der Waals surface area contributed by atoms with Gasteiger partial charge in [0.1, 0.15) is 11.6 Å². The highest BCUT2D eigenvalue weighted by Crippen LogP contribution is 2.35. The topological polar surface area (TPSA) is 93.2 Å². The van der Waals surface area contributed by atoms with Crippen LogP contribution in [0, 0.1) is 12.8 Å². The van der Waals surface area contributed by atoms with Crippen LogP contribution < -0.4 is 5.32 Å². The van der Waals surface area contributed by atoms with Crippen LogP contribution in [-0.2, 0) is 19.4 Å². The molecule has 0 radical (unpaired) electrons. The average molecular weight is 449 g/mol. The molecule has 0 bridgehead atoms. The Morgan fingerprint density at radius 2 is 1.93 bits per heavy atom. The van der Waals surface area contributed by atoms with Crippen molar-refractivity contribution in [2.45, 2.75) is 49.8 Å². The number of anilines is 1. The molecule has 30 heavy (non-hydrogen) atoms. The predicted molar refractivity (Wildman–Crippen MR) is 116 cm³/mol. The molecule has 1 saturated carbocycles. The third kappa shape index (κ3) is 5.67. The van der Waals surface area contributed by atoms with Gasteiger partial charge in [-0.05, 0) is 61.4 Å². The molecule has 1 atom stereocenters. The number of ketones is 1. The fraction of sp³-hybridized carbons (Fsp3) is 0.409. The molecule has 3 rings (SSSR count). The van der Waals surface area contributed by atoms with E-state index in [0.29, 0.717) is 30.6 Å². The molecular formula is C22H25ClN2O4S. The summed E-state index contributed by atoms with van der Waals surface area (Å²) < 4.78 is 23.8. The standard InChI is InChI=1S/C22H25ClN2O4S/c1-14-3-10-21(24-13-14)25-22(27)18(11-15-4-7-17(26)8-5-15)16-6-9-20(19(23)12-16)30(2,28)29/h3,6,9-10,12-13,15,18H,4-5,7-8,11H2,1-2H3,(H,24,25,27). The van der Waals surface area contributed by atoms with E-state index < -0.39 is 15.8 Å². The van der Waals surface area contributed by atoms with Gasteiger partial charge in [0.15, 0.2) is 9.84 Å². The molecule has 6 nitrogen and oxygen atoms in total. The van der Waals surface area contributed by atoms with Gasteiger partial charge in [-0.1, -0.05) is 23.7 Å². The zero-order chi connectivity index (χ0) is 21.9. The zero-order valence-electron chi connectivity index (χ0n) is 17.0. The van der Waals surface area contributed by atoms with Gasteiger partial charge >= 0.3 is 0 Å². The molecule has 8 heteroatoms. The van der Waals surface area contributed by atoms with Crippen LogP contribution in [-0.4, -0.2) is 31.3 Å². The van der Waals surface area contributed by atoms with Gasteiger partial charge in [-0.15, -0.1) is 0 Å². The number of sulfone groups is 1. The Hall–Kier alpha value is -2.25. The Morgan fingerprint density at radius 1 is 1.23 bits per heavy atom. The summed E-state index contributed by atoms with van der Waals surface area (Å²) in [4.78, 5) is 29.0. The van der Waals surface area contributed by atoms with Crippen LogP contribution in [0.15, 0.2) is 41.4 Å². The van der Waals surface area contributed by atoms with E-state index >= 15 is 0 Å². The van der Waals surface area contributed by atoms with Crippen LogP contribution >= 0.6 is 11.6 Å². The van der Waals surface area contributed by atoms with Crippen molar-refractivity contribution in [3.05, 3.63) is 52.7 Å². The molecule has 1 aromatic heterocycles. The van der Waals surface area contributed by atoms with Gasteiger partial charge in [-0.3, -0.25) is 9.59 Å². The van der Waals surface area contributed by atoms with Crippen LogP contribution in [0.4, 0.5) is 5.82 Å². The first-order valence-corrected chi connectivity index (χ1v) is 12.1. The van der Waals surface area contributed by atoms with Crippen molar-refractivity contribution in [1.82, 2.24) is 4.98 Å². The van der Waals surface area contributed by atoms with Crippen LogP contribution in [0.1, 0.15) is 49.1 Å². The molecule has 1 aromatic carbocycles. The highest BCUT2D eigenvalue weighted by molar-refractivity contribution is 7.90. The minimum absolute atomic E-state index is 0.0375. The number of Topliss-reactive ketones (excluding diaryl/α,β-unsaturated/α-hetero) is 1. The Kier molecular flexibility index (Phi) is 6.93. The minimum Gasteiger partial charge on any atom is -0.310 e. The number of amides is 1. The second-order valence-electron chi connectivity index (χ2n) is 7.94. The molecule has 2 aromatic rings. The zero-order valence-corrected chi connectivity index (χ0v) is 18.6. The maximum absolute atomic E-state index is 13.1. The molecule has 1 amide bonds. The lowest BCUT2D eigenvalue weighted by molar-refractivity contribution is -0.121. The molecule has 1 aliphatic carbocycles. The van der Waals surface area contributed by atoms with Crippen LogP contribution in [0.25, 0.3) is 0 Å². The van der Waals surface area contributed by atoms with Gasteiger partial charge in [0.2, 0.25) is 5.91 Å². The summed E-state index contributed by atoms with van der Waals surface area (Å²) in [5.74, 6) is 0.187. The summed E-state index contributed by atoms with van der Waals surface area (Å²) in [7, 11) is -3.46. The highest BCUT2D eigenvalue weighted by atomic mass is 35.5. The lowest BCUT2D eigenvalue weighted by atomic mass is 9.80. The molecule has 0 aliphatic heterocycles. The smallest absolute Gasteiger partial charge is 0.233 e.